The molecule has 1 saturated carbocycles. The summed E-state index contributed by atoms with van der Waals surface area (Å²) in [6.07, 6.45) is 3.74. The monoisotopic (exact) mass is 218 g/mol. The van der Waals surface area contributed by atoms with Gasteiger partial charge in [-0.1, -0.05) is 12.5 Å². The Morgan fingerprint density at radius 2 is 2.25 bits per heavy atom. The lowest BCUT2D eigenvalue weighted by atomic mass is 9.80. The molecule has 1 fully saturated rings. The van der Waals surface area contributed by atoms with Crippen molar-refractivity contribution < 1.29 is 4.39 Å². The Bertz CT molecular complexity index is 418. The highest BCUT2D eigenvalue weighted by Crippen LogP contribution is 2.31. The molecule has 0 heterocycles. The minimum absolute atomic E-state index is 0.119. The van der Waals surface area contributed by atoms with Crippen molar-refractivity contribution >= 4 is 5.69 Å². The van der Waals surface area contributed by atoms with Gasteiger partial charge in [0.05, 0.1) is 5.69 Å². The van der Waals surface area contributed by atoms with Crippen LogP contribution in [0.5, 0.6) is 0 Å². The molecule has 0 bridgehead atoms. The molecular formula is C13H15FN2. The van der Waals surface area contributed by atoms with E-state index in [1.807, 2.05) is 6.07 Å². The van der Waals surface area contributed by atoms with Crippen LogP contribution >= 0.6 is 0 Å². The minimum Gasteiger partial charge on any atom is -0.381 e. The first-order chi connectivity index (χ1) is 7.72. The van der Waals surface area contributed by atoms with Crippen LogP contribution in [0.2, 0.25) is 0 Å². The molecule has 1 atom stereocenters. The number of hydrogen-bond donors (Lipinski definition) is 1. The van der Waals surface area contributed by atoms with E-state index in [9.17, 15) is 4.39 Å². The largest absolute Gasteiger partial charge is 0.381 e. The first-order valence-corrected chi connectivity index (χ1v) is 5.67. The molecule has 2 rings (SSSR count). The molecule has 1 aromatic rings. The molecular weight excluding hydrogens is 203 g/mol. The lowest BCUT2D eigenvalue weighted by Gasteiger charge is -2.32. The molecule has 3 heteroatoms. The Hall–Kier alpha value is -1.56. The minimum atomic E-state index is -0.451. The second-order valence-electron chi connectivity index (χ2n) is 4.40. The molecule has 0 spiro atoms. The number of anilines is 1. The van der Waals surface area contributed by atoms with E-state index in [1.54, 1.807) is 12.1 Å². The molecule has 1 N–H and O–H groups in total. The zero-order chi connectivity index (χ0) is 11.5. The highest BCUT2D eigenvalue weighted by molar-refractivity contribution is 5.58. The fraction of sp³-hybridized carbons (Fsp3) is 0.462. The smallest absolute Gasteiger partial charge is 0.143 e. The van der Waals surface area contributed by atoms with Crippen molar-refractivity contribution in [3.63, 3.8) is 0 Å². The first kappa shape index (κ1) is 10.9. The van der Waals surface area contributed by atoms with Crippen LogP contribution in [0.3, 0.4) is 0 Å². The van der Waals surface area contributed by atoms with E-state index in [-0.39, 0.29) is 5.56 Å². The number of hydrogen-bond acceptors (Lipinski definition) is 2. The molecule has 0 saturated heterocycles. The van der Waals surface area contributed by atoms with Gasteiger partial charge in [0, 0.05) is 6.04 Å². The summed E-state index contributed by atoms with van der Waals surface area (Å²) in [6.45, 7) is 2.09. The summed E-state index contributed by atoms with van der Waals surface area (Å²) >= 11 is 0. The standard InChI is InChI=1S/C13H15FN2/c1-9(10-4-2-5-10)16-13-7-3-6-12(14)11(13)8-15/h3,6-7,9-10,16H,2,4-5H2,1H3. The topological polar surface area (TPSA) is 35.8 Å². The van der Waals surface area contributed by atoms with Crippen LogP contribution in [0, 0.1) is 23.1 Å². The Labute approximate surface area is 95.1 Å². The van der Waals surface area contributed by atoms with Crippen LogP contribution in [0.4, 0.5) is 10.1 Å². The van der Waals surface area contributed by atoms with Gasteiger partial charge in [-0.05, 0) is 37.8 Å². The van der Waals surface area contributed by atoms with Crippen molar-refractivity contribution in [1.29, 1.82) is 5.26 Å². The third-order valence-corrected chi connectivity index (χ3v) is 3.37. The number of nitrogens with one attached hydrogen (secondary N) is 1. The maximum atomic E-state index is 13.3. The number of rotatable bonds is 3. The van der Waals surface area contributed by atoms with Crippen molar-refractivity contribution in [3.05, 3.63) is 29.6 Å². The van der Waals surface area contributed by atoms with Gasteiger partial charge in [-0.2, -0.15) is 5.26 Å². The average Bonchev–Trinajstić information content (AvgIpc) is 2.15. The molecule has 1 unspecified atom stereocenters. The van der Waals surface area contributed by atoms with Gasteiger partial charge >= 0.3 is 0 Å². The third kappa shape index (κ3) is 2.01. The van der Waals surface area contributed by atoms with E-state index in [2.05, 4.69) is 12.2 Å². The van der Waals surface area contributed by atoms with Crippen molar-refractivity contribution in [3.8, 4) is 6.07 Å². The molecule has 0 radical (unpaired) electrons. The highest BCUT2D eigenvalue weighted by Gasteiger charge is 2.24. The predicted molar refractivity (Wildman–Crippen MR) is 61.5 cm³/mol. The number of benzene rings is 1. The van der Waals surface area contributed by atoms with E-state index in [0.717, 1.165) is 0 Å². The van der Waals surface area contributed by atoms with Crippen LogP contribution in [0.15, 0.2) is 18.2 Å². The summed E-state index contributed by atoms with van der Waals surface area (Å²) in [6, 6.07) is 6.92. The quantitative estimate of drug-likeness (QED) is 0.845. The highest BCUT2D eigenvalue weighted by atomic mass is 19.1. The van der Waals surface area contributed by atoms with E-state index in [0.29, 0.717) is 17.6 Å². The Morgan fingerprint density at radius 3 is 2.81 bits per heavy atom. The maximum Gasteiger partial charge on any atom is 0.143 e. The van der Waals surface area contributed by atoms with Gasteiger partial charge in [-0.15, -0.1) is 0 Å². The van der Waals surface area contributed by atoms with Crippen LogP contribution in [-0.4, -0.2) is 6.04 Å². The second kappa shape index (κ2) is 4.52. The average molecular weight is 218 g/mol. The molecule has 2 nitrogen and oxygen atoms in total. The summed E-state index contributed by atoms with van der Waals surface area (Å²) in [5.41, 5.74) is 0.732. The van der Waals surface area contributed by atoms with Crippen LogP contribution in [-0.2, 0) is 0 Å². The summed E-state index contributed by atoms with van der Waals surface area (Å²) in [5.74, 6) is 0.211. The molecule has 84 valence electrons. The summed E-state index contributed by atoms with van der Waals surface area (Å²) in [7, 11) is 0. The Kier molecular flexibility index (Phi) is 3.09. The van der Waals surface area contributed by atoms with Gasteiger partial charge < -0.3 is 5.32 Å². The van der Waals surface area contributed by atoms with Gasteiger partial charge in [0.2, 0.25) is 0 Å². The Balaban J connectivity index is 2.14. The molecule has 1 aliphatic carbocycles. The van der Waals surface area contributed by atoms with Crippen molar-refractivity contribution in [2.75, 3.05) is 5.32 Å². The Morgan fingerprint density at radius 1 is 1.50 bits per heavy atom. The molecule has 16 heavy (non-hydrogen) atoms. The van der Waals surface area contributed by atoms with Gasteiger partial charge in [0.15, 0.2) is 0 Å². The fourth-order valence-electron chi connectivity index (χ4n) is 2.06. The van der Waals surface area contributed by atoms with Crippen molar-refractivity contribution in [2.24, 2.45) is 5.92 Å². The number of nitriles is 1. The molecule has 1 aromatic carbocycles. The maximum absolute atomic E-state index is 13.3. The third-order valence-electron chi connectivity index (χ3n) is 3.37. The van der Waals surface area contributed by atoms with E-state index in [4.69, 9.17) is 5.26 Å². The molecule has 0 aliphatic heterocycles. The summed E-state index contributed by atoms with van der Waals surface area (Å²) < 4.78 is 13.3. The predicted octanol–water partition coefficient (Wildman–Crippen LogP) is 3.30. The van der Waals surface area contributed by atoms with Crippen LogP contribution < -0.4 is 5.32 Å². The zero-order valence-corrected chi connectivity index (χ0v) is 9.33. The number of nitrogens with zero attached hydrogens (tertiary/aromatic N) is 1. The van der Waals surface area contributed by atoms with E-state index < -0.39 is 5.82 Å². The van der Waals surface area contributed by atoms with Crippen LogP contribution in [0.1, 0.15) is 31.7 Å². The molecule has 1 aliphatic rings. The summed E-state index contributed by atoms with van der Waals surface area (Å²) in [5, 5.41) is 12.1. The number of halogens is 1. The van der Waals surface area contributed by atoms with Crippen molar-refractivity contribution in [1.82, 2.24) is 0 Å². The van der Waals surface area contributed by atoms with Gasteiger partial charge in [0.1, 0.15) is 17.4 Å². The SMILES string of the molecule is CC(Nc1cccc(F)c1C#N)C1CCC1. The second-order valence-corrected chi connectivity index (χ2v) is 4.40. The lowest BCUT2D eigenvalue weighted by Crippen LogP contribution is -2.31. The van der Waals surface area contributed by atoms with E-state index in [1.165, 1.54) is 25.3 Å². The first-order valence-electron chi connectivity index (χ1n) is 5.67. The fourth-order valence-corrected chi connectivity index (χ4v) is 2.06. The normalized spacial score (nSPS) is 17.3. The molecule has 0 amide bonds. The van der Waals surface area contributed by atoms with Gasteiger partial charge in [-0.25, -0.2) is 4.39 Å². The molecule has 0 aromatic heterocycles. The van der Waals surface area contributed by atoms with E-state index >= 15 is 0 Å². The summed E-state index contributed by atoms with van der Waals surface area (Å²) in [4.78, 5) is 0. The van der Waals surface area contributed by atoms with Crippen LogP contribution in [0.25, 0.3) is 0 Å². The zero-order valence-electron chi connectivity index (χ0n) is 9.33. The lowest BCUT2D eigenvalue weighted by molar-refractivity contribution is 0.285. The van der Waals surface area contributed by atoms with Gasteiger partial charge in [-0.3, -0.25) is 0 Å². The van der Waals surface area contributed by atoms with Crippen molar-refractivity contribution in [2.45, 2.75) is 32.2 Å². The van der Waals surface area contributed by atoms with Gasteiger partial charge in [0.25, 0.3) is 0 Å².